The summed E-state index contributed by atoms with van der Waals surface area (Å²) in [5, 5.41) is 11.4. The van der Waals surface area contributed by atoms with Gasteiger partial charge in [0.2, 0.25) is 0 Å². The van der Waals surface area contributed by atoms with E-state index in [0.29, 0.717) is 19.1 Å². The molecule has 1 saturated carbocycles. The molecule has 3 heteroatoms. The molecule has 1 N–H and O–H groups in total. The van der Waals surface area contributed by atoms with Crippen molar-refractivity contribution in [1.82, 2.24) is 0 Å². The van der Waals surface area contributed by atoms with Gasteiger partial charge in [0.15, 0.2) is 5.78 Å². The third kappa shape index (κ3) is 4.15. The number of fused-ring (bicyclic) bond motifs is 1. The minimum Gasteiger partial charge on any atom is -0.389 e. The summed E-state index contributed by atoms with van der Waals surface area (Å²) in [6.45, 7) is 3.54. The minimum atomic E-state index is -0.850. The first-order valence-corrected chi connectivity index (χ1v) is 10.0. The summed E-state index contributed by atoms with van der Waals surface area (Å²) in [5.74, 6) is 0.311. The average molecular weight is 344 g/mol. The van der Waals surface area contributed by atoms with Crippen molar-refractivity contribution in [3.8, 4) is 0 Å². The van der Waals surface area contributed by atoms with Crippen LogP contribution in [0.15, 0.2) is 30.3 Å². The fourth-order valence-electron chi connectivity index (χ4n) is 4.86. The molecule has 3 rings (SSSR count). The molecule has 25 heavy (non-hydrogen) atoms. The number of carbonyl (C=O) groups excluding carboxylic acids is 1. The second kappa shape index (κ2) is 8.46. The lowest BCUT2D eigenvalue weighted by molar-refractivity contribution is -0.0207. The topological polar surface area (TPSA) is 46.5 Å². The van der Waals surface area contributed by atoms with Crippen LogP contribution in [-0.4, -0.2) is 29.7 Å². The molecule has 0 bridgehead atoms. The maximum atomic E-state index is 13.2. The van der Waals surface area contributed by atoms with Crippen molar-refractivity contribution in [3.63, 3.8) is 0 Å². The molecule has 2 aliphatic rings. The number of ether oxygens (including phenoxy) is 1. The molecule has 2 fully saturated rings. The summed E-state index contributed by atoms with van der Waals surface area (Å²) < 4.78 is 5.63. The summed E-state index contributed by atoms with van der Waals surface area (Å²) in [6.07, 6.45) is 8.68. The van der Waals surface area contributed by atoms with Crippen LogP contribution in [-0.2, 0) is 4.74 Å². The quantitative estimate of drug-likeness (QED) is 0.524. The zero-order chi connectivity index (χ0) is 17.7. The Morgan fingerprint density at radius 2 is 1.84 bits per heavy atom. The van der Waals surface area contributed by atoms with Crippen molar-refractivity contribution in [2.24, 2.45) is 17.8 Å². The van der Waals surface area contributed by atoms with E-state index in [4.69, 9.17) is 4.74 Å². The Morgan fingerprint density at radius 1 is 1.12 bits per heavy atom. The van der Waals surface area contributed by atoms with Gasteiger partial charge >= 0.3 is 0 Å². The molecular formula is C22H32O3. The number of carbonyl (C=O) groups is 1. The van der Waals surface area contributed by atoms with Crippen molar-refractivity contribution in [2.75, 3.05) is 13.2 Å². The van der Waals surface area contributed by atoms with Crippen LogP contribution < -0.4 is 0 Å². The molecule has 3 nitrogen and oxygen atoms in total. The fourth-order valence-corrected chi connectivity index (χ4v) is 4.86. The van der Waals surface area contributed by atoms with Crippen LogP contribution in [0.2, 0.25) is 0 Å². The molecular weight excluding hydrogens is 312 g/mol. The van der Waals surface area contributed by atoms with Crippen molar-refractivity contribution < 1.29 is 14.6 Å². The molecule has 1 heterocycles. The van der Waals surface area contributed by atoms with Crippen LogP contribution in [0.5, 0.6) is 0 Å². The maximum absolute atomic E-state index is 13.2. The van der Waals surface area contributed by atoms with Crippen molar-refractivity contribution in [1.29, 1.82) is 0 Å². The van der Waals surface area contributed by atoms with Crippen LogP contribution in [0.1, 0.15) is 68.6 Å². The summed E-state index contributed by atoms with van der Waals surface area (Å²) >= 11 is 0. The van der Waals surface area contributed by atoms with Gasteiger partial charge in [-0.05, 0) is 18.8 Å². The zero-order valence-corrected chi connectivity index (χ0v) is 15.5. The van der Waals surface area contributed by atoms with Crippen LogP contribution in [0.3, 0.4) is 0 Å². The lowest BCUT2D eigenvalue weighted by Gasteiger charge is -2.32. The number of Topliss-reactive ketones (excluding diaryl/α,β-unsaturated/α-hetero) is 1. The molecule has 1 aromatic carbocycles. The highest BCUT2D eigenvalue weighted by atomic mass is 16.5. The highest BCUT2D eigenvalue weighted by molar-refractivity contribution is 5.99. The highest BCUT2D eigenvalue weighted by Crippen LogP contribution is 2.50. The zero-order valence-electron chi connectivity index (χ0n) is 15.5. The standard InChI is InChI=1S/C22H32O3/c1-2-3-4-5-6-10-13-22(24)14-18-15-25-16-19(18)20(22)21(23)17-11-8-7-9-12-17/h7-9,11-12,18-20,24H,2-6,10,13-16H2,1H3/t18-,19+,20+,22+/m1/s1. The van der Waals surface area contributed by atoms with Gasteiger partial charge < -0.3 is 9.84 Å². The number of hydrogen-bond acceptors (Lipinski definition) is 3. The van der Waals surface area contributed by atoms with E-state index >= 15 is 0 Å². The summed E-state index contributed by atoms with van der Waals surface area (Å²) in [7, 11) is 0. The number of rotatable bonds is 9. The molecule has 0 spiro atoms. The largest absolute Gasteiger partial charge is 0.389 e. The molecule has 0 amide bonds. The van der Waals surface area contributed by atoms with Crippen molar-refractivity contribution >= 4 is 5.78 Å². The fraction of sp³-hybridized carbons (Fsp3) is 0.682. The third-order valence-electron chi connectivity index (χ3n) is 6.17. The van der Waals surface area contributed by atoms with E-state index in [1.165, 1.54) is 25.7 Å². The molecule has 0 unspecified atom stereocenters. The second-order valence-electron chi connectivity index (χ2n) is 7.99. The van der Waals surface area contributed by atoms with Gasteiger partial charge in [0.05, 0.1) is 18.1 Å². The Labute approximate surface area is 151 Å². The smallest absolute Gasteiger partial charge is 0.169 e. The Morgan fingerprint density at radius 3 is 2.60 bits per heavy atom. The summed E-state index contributed by atoms with van der Waals surface area (Å²) in [4.78, 5) is 13.2. The molecule has 0 radical (unpaired) electrons. The van der Waals surface area contributed by atoms with Crippen LogP contribution >= 0.6 is 0 Å². The van der Waals surface area contributed by atoms with Gasteiger partial charge in [0.25, 0.3) is 0 Å². The maximum Gasteiger partial charge on any atom is 0.169 e. The number of benzene rings is 1. The number of aliphatic hydroxyl groups is 1. The summed E-state index contributed by atoms with van der Waals surface area (Å²) in [5.41, 5.74) is -0.127. The molecule has 0 aromatic heterocycles. The minimum absolute atomic E-state index is 0.104. The first kappa shape index (κ1) is 18.6. The molecule has 1 saturated heterocycles. The van der Waals surface area contributed by atoms with E-state index in [1.807, 2.05) is 30.3 Å². The van der Waals surface area contributed by atoms with E-state index in [2.05, 4.69) is 6.92 Å². The first-order valence-electron chi connectivity index (χ1n) is 10.0. The van der Waals surface area contributed by atoms with E-state index in [-0.39, 0.29) is 17.6 Å². The van der Waals surface area contributed by atoms with Gasteiger partial charge in [-0.2, -0.15) is 0 Å². The number of ketones is 1. The predicted molar refractivity (Wildman–Crippen MR) is 99.6 cm³/mol. The lowest BCUT2D eigenvalue weighted by Crippen LogP contribution is -2.41. The van der Waals surface area contributed by atoms with Crippen LogP contribution in [0, 0.1) is 17.8 Å². The Kier molecular flexibility index (Phi) is 6.29. The predicted octanol–water partition coefficient (Wildman–Crippen LogP) is 4.63. The van der Waals surface area contributed by atoms with E-state index in [1.54, 1.807) is 0 Å². The Bertz CT molecular complexity index is 556. The molecule has 1 aliphatic carbocycles. The SMILES string of the molecule is CCCCCCCC[C@]1(O)C[C@@H]2COC[C@@H]2[C@H]1C(=O)c1ccccc1. The van der Waals surface area contributed by atoms with Gasteiger partial charge in [0, 0.05) is 18.1 Å². The third-order valence-corrected chi connectivity index (χ3v) is 6.17. The number of hydrogen-bond donors (Lipinski definition) is 1. The molecule has 138 valence electrons. The second-order valence-corrected chi connectivity index (χ2v) is 7.99. The van der Waals surface area contributed by atoms with E-state index in [0.717, 1.165) is 31.2 Å². The Hall–Kier alpha value is -1.19. The normalized spacial score (nSPS) is 31.2. The Balaban J connectivity index is 1.67. The van der Waals surface area contributed by atoms with Crippen LogP contribution in [0.4, 0.5) is 0 Å². The monoisotopic (exact) mass is 344 g/mol. The average Bonchev–Trinajstić information content (AvgIpc) is 3.16. The number of unbranched alkanes of at least 4 members (excludes halogenated alkanes) is 5. The van der Waals surface area contributed by atoms with Crippen molar-refractivity contribution in [2.45, 2.75) is 63.9 Å². The van der Waals surface area contributed by atoms with Crippen LogP contribution in [0.25, 0.3) is 0 Å². The molecule has 1 aromatic rings. The molecule has 1 aliphatic heterocycles. The van der Waals surface area contributed by atoms with Crippen molar-refractivity contribution in [3.05, 3.63) is 35.9 Å². The first-order chi connectivity index (χ1) is 12.2. The van der Waals surface area contributed by atoms with E-state index < -0.39 is 5.60 Å². The van der Waals surface area contributed by atoms with Gasteiger partial charge in [-0.25, -0.2) is 0 Å². The van der Waals surface area contributed by atoms with Gasteiger partial charge in [-0.3, -0.25) is 4.79 Å². The van der Waals surface area contributed by atoms with Gasteiger partial charge in [0.1, 0.15) is 0 Å². The van der Waals surface area contributed by atoms with Gasteiger partial charge in [-0.15, -0.1) is 0 Å². The summed E-state index contributed by atoms with van der Waals surface area (Å²) in [6, 6.07) is 9.47. The van der Waals surface area contributed by atoms with E-state index in [9.17, 15) is 9.90 Å². The lowest BCUT2D eigenvalue weighted by atomic mass is 9.77. The van der Waals surface area contributed by atoms with Gasteiger partial charge in [-0.1, -0.05) is 75.8 Å². The molecule has 4 atom stereocenters. The highest BCUT2D eigenvalue weighted by Gasteiger charge is 2.57.